The van der Waals surface area contributed by atoms with E-state index >= 15 is 0 Å². The molecule has 2 aliphatic heterocycles. The number of aromatic nitrogens is 1. The van der Waals surface area contributed by atoms with Crippen LogP contribution in [0.3, 0.4) is 0 Å². The van der Waals surface area contributed by atoms with Gasteiger partial charge < -0.3 is 9.88 Å². The van der Waals surface area contributed by atoms with Crippen LogP contribution in [0.2, 0.25) is 5.02 Å². The van der Waals surface area contributed by atoms with Crippen molar-refractivity contribution in [1.82, 2.24) is 9.88 Å². The van der Waals surface area contributed by atoms with Gasteiger partial charge in [0.2, 0.25) is 0 Å². The number of halogens is 1. The van der Waals surface area contributed by atoms with Crippen LogP contribution in [-0.4, -0.2) is 22.3 Å². The topological polar surface area (TPSA) is 36.1 Å². The van der Waals surface area contributed by atoms with Gasteiger partial charge in [-0.2, -0.15) is 0 Å². The van der Waals surface area contributed by atoms with Crippen LogP contribution < -0.4 is 0 Å². The molecule has 0 fully saturated rings. The van der Waals surface area contributed by atoms with Gasteiger partial charge in [-0.1, -0.05) is 66.2 Å². The molecule has 1 amide bonds. The highest BCUT2D eigenvalue weighted by atomic mass is 35.5. The minimum absolute atomic E-state index is 0.0364. The highest BCUT2D eigenvalue weighted by Crippen LogP contribution is 2.50. The van der Waals surface area contributed by atoms with E-state index in [9.17, 15) is 4.79 Å². The van der Waals surface area contributed by atoms with Crippen molar-refractivity contribution in [2.45, 2.75) is 12.0 Å². The molecule has 0 aliphatic carbocycles. The van der Waals surface area contributed by atoms with Gasteiger partial charge in [-0.15, -0.1) is 0 Å². The van der Waals surface area contributed by atoms with Gasteiger partial charge in [0.15, 0.2) is 0 Å². The van der Waals surface area contributed by atoms with E-state index in [0.29, 0.717) is 6.54 Å². The lowest BCUT2D eigenvalue weighted by molar-refractivity contribution is 0.0727. The van der Waals surface area contributed by atoms with Crippen LogP contribution in [0.1, 0.15) is 44.7 Å². The average molecular weight is 385 g/mol. The Bertz CT molecular complexity index is 1260. The molecule has 3 heterocycles. The van der Waals surface area contributed by atoms with E-state index in [2.05, 4.69) is 35.3 Å². The fraction of sp³-hybridized carbons (Fsp3) is 0.125. The number of fused-ring (bicyclic) bond motifs is 7. The summed E-state index contributed by atoms with van der Waals surface area (Å²) in [7, 11) is 0. The molecule has 28 heavy (non-hydrogen) atoms. The number of carbonyl (C=O) groups excluding carboxylic acids is 1. The number of rotatable bonds is 1. The summed E-state index contributed by atoms with van der Waals surface area (Å²) in [5.74, 6) is 0.135. The molecule has 4 aromatic rings. The second-order valence-electron chi connectivity index (χ2n) is 7.52. The van der Waals surface area contributed by atoms with Crippen LogP contribution in [0.5, 0.6) is 0 Å². The first-order valence-corrected chi connectivity index (χ1v) is 9.86. The summed E-state index contributed by atoms with van der Waals surface area (Å²) in [5.41, 5.74) is 6.42. The molecule has 6 rings (SSSR count). The second kappa shape index (κ2) is 5.73. The number of benzene rings is 3. The van der Waals surface area contributed by atoms with Gasteiger partial charge in [-0.05, 0) is 34.9 Å². The van der Waals surface area contributed by atoms with Crippen LogP contribution in [-0.2, 0) is 0 Å². The number of carbonyl (C=O) groups is 1. The molecule has 0 bridgehead atoms. The molecule has 2 atom stereocenters. The molecule has 0 saturated carbocycles. The quantitative estimate of drug-likeness (QED) is 0.461. The van der Waals surface area contributed by atoms with E-state index in [1.54, 1.807) is 0 Å². The van der Waals surface area contributed by atoms with E-state index in [-0.39, 0.29) is 17.9 Å². The third kappa shape index (κ3) is 2.02. The summed E-state index contributed by atoms with van der Waals surface area (Å²) < 4.78 is 0. The Morgan fingerprint density at radius 1 is 0.893 bits per heavy atom. The van der Waals surface area contributed by atoms with Crippen LogP contribution in [0.25, 0.3) is 10.9 Å². The molecule has 0 saturated heterocycles. The second-order valence-corrected chi connectivity index (χ2v) is 7.93. The standard InChI is InChI=1S/C24H17ClN2O/c25-19-11-5-3-7-14(19)18-13-27-23(15-8-1-2-9-16(15)24(27)28)22-21(18)17-10-4-6-12-20(17)26-22/h1-12,18,23,26H,13H2. The van der Waals surface area contributed by atoms with Crippen molar-refractivity contribution in [3.8, 4) is 0 Å². The van der Waals surface area contributed by atoms with Crippen LogP contribution in [0.4, 0.5) is 0 Å². The molecule has 2 aliphatic rings. The number of H-pyrrole nitrogens is 1. The molecule has 1 N–H and O–H groups in total. The van der Waals surface area contributed by atoms with Crippen molar-refractivity contribution < 1.29 is 4.79 Å². The van der Waals surface area contributed by atoms with Crippen molar-refractivity contribution in [3.63, 3.8) is 0 Å². The molecular formula is C24H17ClN2O. The van der Waals surface area contributed by atoms with Gasteiger partial charge >= 0.3 is 0 Å². The summed E-state index contributed by atoms with van der Waals surface area (Å²) in [6, 6.07) is 24.2. The Kier molecular flexibility index (Phi) is 3.27. The Morgan fingerprint density at radius 2 is 1.61 bits per heavy atom. The maximum atomic E-state index is 13.2. The van der Waals surface area contributed by atoms with Crippen molar-refractivity contribution in [3.05, 3.63) is 106 Å². The summed E-state index contributed by atoms with van der Waals surface area (Å²) in [6.45, 7) is 0.622. The molecule has 4 heteroatoms. The first-order valence-electron chi connectivity index (χ1n) is 9.49. The molecule has 3 nitrogen and oxygen atoms in total. The van der Waals surface area contributed by atoms with Crippen LogP contribution in [0, 0.1) is 0 Å². The molecule has 136 valence electrons. The molecule has 1 aromatic heterocycles. The Morgan fingerprint density at radius 3 is 2.46 bits per heavy atom. The van der Waals surface area contributed by atoms with Gasteiger partial charge in [0, 0.05) is 39.6 Å². The minimum Gasteiger partial charge on any atom is -0.356 e. The van der Waals surface area contributed by atoms with E-state index < -0.39 is 0 Å². The number of para-hydroxylation sites is 1. The largest absolute Gasteiger partial charge is 0.356 e. The SMILES string of the molecule is O=C1c2ccccc2C2c3[nH]c4ccccc4c3C(c3ccccc3Cl)CN12. The highest BCUT2D eigenvalue weighted by Gasteiger charge is 2.45. The van der Waals surface area contributed by atoms with E-state index in [1.165, 1.54) is 10.9 Å². The maximum Gasteiger partial charge on any atom is 0.255 e. The van der Waals surface area contributed by atoms with Crippen LogP contribution in [0.15, 0.2) is 72.8 Å². The first kappa shape index (κ1) is 16.0. The lowest BCUT2D eigenvalue weighted by Gasteiger charge is -2.36. The molecule has 0 radical (unpaired) electrons. The molecular weight excluding hydrogens is 368 g/mol. The third-order valence-electron chi connectivity index (χ3n) is 6.12. The van der Waals surface area contributed by atoms with Gasteiger partial charge in [0.1, 0.15) is 0 Å². The van der Waals surface area contributed by atoms with Crippen molar-refractivity contribution in [2.24, 2.45) is 0 Å². The predicted octanol–water partition coefficient (Wildman–Crippen LogP) is 5.51. The normalized spacial score (nSPS) is 20.2. The summed E-state index contributed by atoms with van der Waals surface area (Å²) in [5, 5.41) is 1.95. The Hall–Kier alpha value is -3.04. The Labute approximate surface area is 167 Å². The zero-order valence-electron chi connectivity index (χ0n) is 15.0. The zero-order chi connectivity index (χ0) is 18.8. The van der Waals surface area contributed by atoms with Crippen LogP contribution >= 0.6 is 11.6 Å². The van der Waals surface area contributed by atoms with Crippen molar-refractivity contribution >= 4 is 28.4 Å². The minimum atomic E-state index is -0.0650. The number of hydrogen-bond acceptors (Lipinski definition) is 1. The summed E-state index contributed by atoms with van der Waals surface area (Å²) in [4.78, 5) is 18.8. The van der Waals surface area contributed by atoms with E-state index in [0.717, 1.165) is 32.9 Å². The van der Waals surface area contributed by atoms with Crippen molar-refractivity contribution in [2.75, 3.05) is 6.54 Å². The number of hydrogen-bond donors (Lipinski definition) is 1. The van der Waals surface area contributed by atoms with Gasteiger partial charge in [0.05, 0.1) is 6.04 Å². The predicted molar refractivity (Wildman–Crippen MR) is 111 cm³/mol. The number of nitrogens with zero attached hydrogens (tertiary/aromatic N) is 1. The number of nitrogens with one attached hydrogen (secondary N) is 1. The Balaban J connectivity index is 1.66. The lowest BCUT2D eigenvalue weighted by Crippen LogP contribution is -2.38. The first-order chi connectivity index (χ1) is 13.7. The maximum absolute atomic E-state index is 13.2. The van der Waals surface area contributed by atoms with E-state index in [1.807, 2.05) is 47.4 Å². The average Bonchev–Trinajstić information content (AvgIpc) is 3.24. The molecule has 3 aromatic carbocycles. The third-order valence-corrected chi connectivity index (χ3v) is 6.46. The fourth-order valence-corrected chi connectivity index (χ4v) is 5.21. The molecule has 0 spiro atoms. The van der Waals surface area contributed by atoms with E-state index in [4.69, 9.17) is 11.6 Å². The monoisotopic (exact) mass is 384 g/mol. The fourth-order valence-electron chi connectivity index (χ4n) is 4.94. The number of amides is 1. The summed E-state index contributed by atoms with van der Waals surface area (Å²) in [6.07, 6.45) is 0. The lowest BCUT2D eigenvalue weighted by atomic mass is 9.83. The van der Waals surface area contributed by atoms with Gasteiger partial charge in [-0.3, -0.25) is 4.79 Å². The zero-order valence-corrected chi connectivity index (χ0v) is 15.8. The van der Waals surface area contributed by atoms with Gasteiger partial charge in [0.25, 0.3) is 5.91 Å². The number of aromatic amines is 1. The smallest absolute Gasteiger partial charge is 0.255 e. The van der Waals surface area contributed by atoms with Gasteiger partial charge in [-0.25, -0.2) is 0 Å². The summed E-state index contributed by atoms with van der Waals surface area (Å²) >= 11 is 6.60. The van der Waals surface area contributed by atoms with Crippen molar-refractivity contribution in [1.29, 1.82) is 0 Å². The highest BCUT2D eigenvalue weighted by molar-refractivity contribution is 6.31. The molecule has 2 unspecified atom stereocenters.